The van der Waals surface area contributed by atoms with Crippen LogP contribution in [-0.2, 0) is 0 Å². The maximum atomic E-state index is 10.0. The second kappa shape index (κ2) is 12.5. The number of nitriles is 1. The normalized spacial score (nSPS) is 34.4. The van der Waals surface area contributed by atoms with Crippen LogP contribution in [0.4, 0.5) is 0 Å². The molecule has 0 aromatic carbocycles. The Morgan fingerprint density at radius 1 is 0.800 bits per heavy atom. The highest BCUT2D eigenvalue weighted by Crippen LogP contribution is 2.53. The summed E-state index contributed by atoms with van der Waals surface area (Å²) in [5.74, 6) is 3.88. The molecule has 1 nitrogen and oxygen atoms in total. The van der Waals surface area contributed by atoms with Crippen molar-refractivity contribution in [3.8, 4) is 6.07 Å². The standard InChI is InChI=1S/C29H51N/c1-3-5-7-10-24-13-15-25(16-14-24)22-27(23-30)26-17-20-29(19-4-2,21-18-26)28-11-8-6-9-12-28/h24-28H,3-22H2,1-2H3. The van der Waals surface area contributed by atoms with Crippen molar-refractivity contribution in [1.29, 1.82) is 5.26 Å². The molecule has 1 heteroatoms. The molecule has 1 atom stereocenters. The van der Waals surface area contributed by atoms with E-state index in [9.17, 15) is 5.26 Å². The summed E-state index contributed by atoms with van der Waals surface area (Å²) in [5, 5.41) is 10.0. The third kappa shape index (κ3) is 6.50. The number of unbranched alkanes of at least 4 members (excludes halogenated alkanes) is 2. The van der Waals surface area contributed by atoms with Crippen LogP contribution in [0, 0.1) is 46.3 Å². The van der Waals surface area contributed by atoms with Gasteiger partial charge < -0.3 is 0 Å². The van der Waals surface area contributed by atoms with Crippen molar-refractivity contribution >= 4 is 0 Å². The third-order valence-corrected chi connectivity index (χ3v) is 9.75. The first-order valence-corrected chi connectivity index (χ1v) is 14.1. The van der Waals surface area contributed by atoms with Gasteiger partial charge in [0.05, 0.1) is 6.07 Å². The molecule has 0 bridgehead atoms. The summed E-state index contributed by atoms with van der Waals surface area (Å²) in [6.07, 6.45) is 28.3. The number of nitrogens with zero attached hydrogens (tertiary/aromatic N) is 1. The molecule has 0 heterocycles. The maximum Gasteiger partial charge on any atom is 0.0658 e. The lowest BCUT2D eigenvalue weighted by molar-refractivity contribution is 0.0288. The molecule has 0 N–H and O–H groups in total. The van der Waals surface area contributed by atoms with E-state index in [0.29, 0.717) is 17.3 Å². The predicted molar refractivity (Wildman–Crippen MR) is 129 cm³/mol. The summed E-state index contributed by atoms with van der Waals surface area (Å²) in [6, 6.07) is 2.81. The van der Waals surface area contributed by atoms with Crippen molar-refractivity contribution in [2.24, 2.45) is 35.0 Å². The molecule has 0 aliphatic heterocycles. The van der Waals surface area contributed by atoms with Crippen LogP contribution in [0.1, 0.15) is 142 Å². The first-order chi connectivity index (χ1) is 14.7. The Morgan fingerprint density at radius 3 is 2.07 bits per heavy atom. The minimum absolute atomic E-state index is 0.345. The van der Waals surface area contributed by atoms with Crippen molar-refractivity contribution < 1.29 is 0 Å². The molecular weight excluding hydrogens is 362 g/mol. The van der Waals surface area contributed by atoms with E-state index in [4.69, 9.17) is 0 Å². The Hall–Kier alpha value is -0.510. The Bertz CT molecular complexity index is 495. The number of hydrogen-bond acceptors (Lipinski definition) is 1. The lowest BCUT2D eigenvalue weighted by Gasteiger charge is -2.48. The Morgan fingerprint density at radius 2 is 1.47 bits per heavy atom. The molecule has 3 aliphatic rings. The van der Waals surface area contributed by atoms with E-state index in [1.807, 2.05) is 0 Å². The molecule has 30 heavy (non-hydrogen) atoms. The predicted octanol–water partition coefficient (Wildman–Crippen LogP) is 9.46. The van der Waals surface area contributed by atoms with E-state index < -0.39 is 0 Å². The number of hydrogen-bond donors (Lipinski definition) is 0. The SMILES string of the molecule is CCCCCC1CCC(CC(C#N)C2CCC(CCC)(C3CCCCC3)CC2)CC1. The second-order valence-electron chi connectivity index (χ2n) is 11.6. The van der Waals surface area contributed by atoms with Crippen molar-refractivity contribution in [3.05, 3.63) is 0 Å². The highest BCUT2D eigenvalue weighted by Gasteiger charge is 2.42. The molecule has 0 aromatic rings. The lowest BCUT2D eigenvalue weighted by Crippen LogP contribution is -2.37. The minimum Gasteiger partial charge on any atom is -0.198 e. The summed E-state index contributed by atoms with van der Waals surface area (Å²) >= 11 is 0. The molecule has 0 amide bonds. The van der Waals surface area contributed by atoms with Gasteiger partial charge in [0.2, 0.25) is 0 Å². The van der Waals surface area contributed by atoms with Crippen LogP contribution in [-0.4, -0.2) is 0 Å². The number of rotatable bonds is 10. The van der Waals surface area contributed by atoms with E-state index in [0.717, 1.165) is 17.8 Å². The van der Waals surface area contributed by atoms with Crippen molar-refractivity contribution in [1.82, 2.24) is 0 Å². The summed E-state index contributed by atoms with van der Waals surface area (Å²) in [7, 11) is 0. The van der Waals surface area contributed by atoms with Gasteiger partial charge in [0.1, 0.15) is 0 Å². The largest absolute Gasteiger partial charge is 0.198 e. The second-order valence-corrected chi connectivity index (χ2v) is 11.6. The summed E-state index contributed by atoms with van der Waals surface area (Å²) in [5.41, 5.74) is 0.641. The Balaban J connectivity index is 1.46. The zero-order chi connectivity index (χ0) is 21.2. The quantitative estimate of drug-likeness (QED) is 0.327. The smallest absolute Gasteiger partial charge is 0.0658 e. The summed E-state index contributed by atoms with van der Waals surface area (Å²) in [4.78, 5) is 0. The van der Waals surface area contributed by atoms with Gasteiger partial charge in [-0.1, -0.05) is 90.9 Å². The van der Waals surface area contributed by atoms with E-state index in [-0.39, 0.29) is 0 Å². The lowest BCUT2D eigenvalue weighted by atomic mass is 9.57. The van der Waals surface area contributed by atoms with E-state index in [1.165, 1.54) is 128 Å². The fourth-order valence-corrected chi connectivity index (χ4v) is 7.84. The minimum atomic E-state index is 0.345. The van der Waals surface area contributed by atoms with Gasteiger partial charge in [-0.15, -0.1) is 0 Å². The van der Waals surface area contributed by atoms with Crippen LogP contribution < -0.4 is 0 Å². The fourth-order valence-electron chi connectivity index (χ4n) is 7.84. The average Bonchev–Trinajstić information content (AvgIpc) is 2.80. The molecule has 172 valence electrons. The summed E-state index contributed by atoms with van der Waals surface area (Å²) < 4.78 is 0. The van der Waals surface area contributed by atoms with Crippen LogP contribution in [0.15, 0.2) is 0 Å². The van der Waals surface area contributed by atoms with Gasteiger partial charge >= 0.3 is 0 Å². The third-order valence-electron chi connectivity index (χ3n) is 9.75. The van der Waals surface area contributed by atoms with Crippen molar-refractivity contribution in [2.45, 2.75) is 142 Å². The van der Waals surface area contributed by atoms with Gasteiger partial charge in [-0.2, -0.15) is 5.26 Å². The first-order valence-electron chi connectivity index (χ1n) is 14.1. The highest BCUT2D eigenvalue weighted by molar-refractivity contribution is 4.97. The molecule has 3 rings (SSSR count). The van der Waals surface area contributed by atoms with Crippen molar-refractivity contribution in [3.63, 3.8) is 0 Å². The van der Waals surface area contributed by atoms with E-state index >= 15 is 0 Å². The molecule has 0 aromatic heterocycles. The molecule has 3 aliphatic carbocycles. The average molecular weight is 414 g/mol. The van der Waals surface area contributed by atoms with E-state index in [1.54, 1.807) is 0 Å². The van der Waals surface area contributed by atoms with Crippen LogP contribution in [0.2, 0.25) is 0 Å². The van der Waals surface area contributed by atoms with Gasteiger partial charge in [-0.05, 0) is 80.5 Å². The molecule has 0 spiro atoms. The van der Waals surface area contributed by atoms with Crippen LogP contribution >= 0.6 is 0 Å². The van der Waals surface area contributed by atoms with Crippen LogP contribution in [0.25, 0.3) is 0 Å². The van der Waals surface area contributed by atoms with Gasteiger partial charge in [0, 0.05) is 5.92 Å². The topological polar surface area (TPSA) is 23.8 Å². The monoisotopic (exact) mass is 413 g/mol. The molecule has 1 unspecified atom stereocenters. The van der Waals surface area contributed by atoms with E-state index in [2.05, 4.69) is 19.9 Å². The zero-order valence-electron chi connectivity index (χ0n) is 20.5. The molecule has 0 radical (unpaired) electrons. The van der Waals surface area contributed by atoms with Gasteiger partial charge in [0.15, 0.2) is 0 Å². The van der Waals surface area contributed by atoms with Gasteiger partial charge in [0.25, 0.3) is 0 Å². The highest BCUT2D eigenvalue weighted by atomic mass is 14.5. The molecule has 0 saturated heterocycles. The maximum absolute atomic E-state index is 10.0. The first kappa shape index (κ1) is 24.1. The fraction of sp³-hybridized carbons (Fsp3) is 0.966. The summed E-state index contributed by atoms with van der Waals surface area (Å²) in [6.45, 7) is 4.71. The van der Waals surface area contributed by atoms with Gasteiger partial charge in [-0.25, -0.2) is 0 Å². The molecule has 3 saturated carbocycles. The van der Waals surface area contributed by atoms with Crippen LogP contribution in [0.3, 0.4) is 0 Å². The van der Waals surface area contributed by atoms with Gasteiger partial charge in [-0.3, -0.25) is 0 Å². The Kier molecular flexibility index (Phi) is 10.1. The van der Waals surface area contributed by atoms with Crippen molar-refractivity contribution in [2.75, 3.05) is 0 Å². The van der Waals surface area contributed by atoms with Crippen LogP contribution in [0.5, 0.6) is 0 Å². The zero-order valence-corrected chi connectivity index (χ0v) is 20.5. The molecule has 3 fully saturated rings. The molecular formula is C29H51N. The Labute approximate surface area is 188 Å².